The molecular weight excluding hydrogens is 366 g/mol. The van der Waals surface area contributed by atoms with Gasteiger partial charge in [-0.2, -0.15) is 0 Å². The van der Waals surface area contributed by atoms with Crippen LogP contribution in [-0.4, -0.2) is 35.7 Å². The molecule has 1 atom stereocenters. The van der Waals surface area contributed by atoms with Crippen molar-refractivity contribution in [3.63, 3.8) is 0 Å². The zero-order valence-corrected chi connectivity index (χ0v) is 18.4. The zero-order chi connectivity index (χ0) is 21.6. The Morgan fingerprint density at radius 1 is 1.03 bits per heavy atom. The Labute approximate surface area is 175 Å². The first-order valence-electron chi connectivity index (χ1n) is 10.8. The molecule has 29 heavy (non-hydrogen) atoms. The molecule has 1 unspecified atom stereocenters. The predicted molar refractivity (Wildman–Crippen MR) is 117 cm³/mol. The van der Waals surface area contributed by atoms with Crippen LogP contribution in [0.2, 0.25) is 0 Å². The summed E-state index contributed by atoms with van der Waals surface area (Å²) in [5.74, 6) is 0.0285. The topological polar surface area (TPSA) is 78.5 Å². The van der Waals surface area contributed by atoms with Gasteiger partial charge in [0.25, 0.3) is 0 Å². The molecule has 0 saturated carbocycles. The zero-order valence-electron chi connectivity index (χ0n) is 18.4. The lowest BCUT2D eigenvalue weighted by atomic mass is 10.1. The fourth-order valence-corrected chi connectivity index (χ4v) is 2.96. The van der Waals surface area contributed by atoms with Crippen LogP contribution in [0.3, 0.4) is 0 Å². The fourth-order valence-electron chi connectivity index (χ4n) is 2.96. The third-order valence-electron chi connectivity index (χ3n) is 4.88. The molecule has 0 spiro atoms. The maximum Gasteiger partial charge on any atom is 0.227 e. The quantitative estimate of drug-likeness (QED) is 0.520. The highest BCUT2D eigenvalue weighted by Crippen LogP contribution is 2.13. The summed E-state index contributed by atoms with van der Waals surface area (Å²) in [6, 6.07) is 7.49. The maximum absolute atomic E-state index is 12.2. The molecule has 6 nitrogen and oxygen atoms in total. The van der Waals surface area contributed by atoms with E-state index in [-0.39, 0.29) is 23.6 Å². The van der Waals surface area contributed by atoms with E-state index in [2.05, 4.69) is 24.5 Å². The molecule has 1 aromatic carbocycles. The Hall–Kier alpha value is -2.37. The summed E-state index contributed by atoms with van der Waals surface area (Å²) in [6.45, 7) is 9.97. The first-order chi connectivity index (χ1) is 13.9. The lowest BCUT2D eigenvalue weighted by molar-refractivity contribution is -0.131. The fraction of sp³-hybridized carbons (Fsp3) is 0.609. The molecule has 0 heterocycles. The van der Waals surface area contributed by atoms with E-state index in [1.807, 2.05) is 43.0 Å². The van der Waals surface area contributed by atoms with Crippen LogP contribution in [0.4, 0.5) is 5.69 Å². The van der Waals surface area contributed by atoms with Crippen LogP contribution in [-0.2, 0) is 20.9 Å². The Balaban J connectivity index is 2.40. The molecule has 0 saturated heterocycles. The molecule has 1 rings (SSSR count). The highest BCUT2D eigenvalue weighted by molar-refractivity contribution is 5.92. The number of hydrogen-bond donors (Lipinski definition) is 2. The summed E-state index contributed by atoms with van der Waals surface area (Å²) in [7, 11) is 0. The molecule has 2 N–H and O–H groups in total. The third kappa shape index (κ3) is 9.59. The van der Waals surface area contributed by atoms with Gasteiger partial charge in [0.15, 0.2) is 0 Å². The van der Waals surface area contributed by atoms with Crippen molar-refractivity contribution < 1.29 is 14.4 Å². The van der Waals surface area contributed by atoms with Crippen LogP contribution in [0.15, 0.2) is 24.3 Å². The minimum atomic E-state index is -0.0654. The van der Waals surface area contributed by atoms with Crippen molar-refractivity contribution in [2.75, 3.05) is 18.4 Å². The molecule has 0 aliphatic carbocycles. The van der Waals surface area contributed by atoms with E-state index < -0.39 is 0 Å². The Kier molecular flexibility index (Phi) is 11.7. The summed E-state index contributed by atoms with van der Waals surface area (Å²) in [4.78, 5) is 38.2. The van der Waals surface area contributed by atoms with Gasteiger partial charge in [0.2, 0.25) is 17.7 Å². The summed E-state index contributed by atoms with van der Waals surface area (Å²) in [6.07, 6.45) is 3.98. The van der Waals surface area contributed by atoms with Crippen molar-refractivity contribution in [2.24, 2.45) is 5.92 Å². The van der Waals surface area contributed by atoms with Gasteiger partial charge in [-0.25, -0.2) is 0 Å². The summed E-state index contributed by atoms with van der Waals surface area (Å²) in [5, 5.41) is 5.79. The molecule has 162 valence electrons. The van der Waals surface area contributed by atoms with E-state index in [0.717, 1.165) is 43.6 Å². The molecule has 0 radical (unpaired) electrons. The van der Waals surface area contributed by atoms with Crippen LogP contribution in [0, 0.1) is 5.92 Å². The number of carbonyl (C=O) groups excluding carboxylic acids is 3. The maximum atomic E-state index is 12.2. The van der Waals surface area contributed by atoms with E-state index >= 15 is 0 Å². The van der Waals surface area contributed by atoms with Crippen LogP contribution in [0.25, 0.3) is 0 Å². The molecule has 3 amide bonds. The molecular formula is C23H37N3O3. The van der Waals surface area contributed by atoms with E-state index in [9.17, 15) is 14.4 Å². The van der Waals surface area contributed by atoms with Gasteiger partial charge in [-0.1, -0.05) is 39.8 Å². The average molecular weight is 404 g/mol. The first kappa shape index (κ1) is 24.7. The number of hydrogen-bond acceptors (Lipinski definition) is 3. The van der Waals surface area contributed by atoms with E-state index in [0.29, 0.717) is 25.8 Å². The number of rotatable bonds is 13. The smallest absolute Gasteiger partial charge is 0.227 e. The molecule has 0 aromatic heterocycles. The monoisotopic (exact) mass is 403 g/mol. The number of nitrogens with one attached hydrogen (secondary N) is 2. The molecule has 0 bridgehead atoms. The Morgan fingerprint density at radius 3 is 2.34 bits per heavy atom. The second-order valence-corrected chi connectivity index (χ2v) is 7.51. The van der Waals surface area contributed by atoms with Gasteiger partial charge >= 0.3 is 0 Å². The number of nitrogens with zero attached hydrogens (tertiary/aromatic N) is 1. The average Bonchev–Trinajstić information content (AvgIpc) is 2.71. The molecule has 0 fully saturated rings. The lowest BCUT2D eigenvalue weighted by Gasteiger charge is -2.21. The highest BCUT2D eigenvalue weighted by Gasteiger charge is 2.13. The van der Waals surface area contributed by atoms with Gasteiger partial charge in [-0.15, -0.1) is 0 Å². The van der Waals surface area contributed by atoms with Crippen molar-refractivity contribution in [3.8, 4) is 0 Å². The lowest BCUT2D eigenvalue weighted by Crippen LogP contribution is -2.32. The molecule has 6 heteroatoms. The van der Waals surface area contributed by atoms with Gasteiger partial charge in [-0.05, 0) is 43.4 Å². The van der Waals surface area contributed by atoms with E-state index in [1.165, 1.54) is 0 Å². The number of carbonyl (C=O) groups is 3. The van der Waals surface area contributed by atoms with Gasteiger partial charge in [0, 0.05) is 44.1 Å². The Morgan fingerprint density at radius 2 is 1.72 bits per heavy atom. The minimum Gasteiger partial charge on any atom is -0.352 e. The molecule has 0 aliphatic heterocycles. The van der Waals surface area contributed by atoms with Crippen LogP contribution >= 0.6 is 0 Å². The van der Waals surface area contributed by atoms with Gasteiger partial charge in [0.05, 0.1) is 0 Å². The van der Waals surface area contributed by atoms with E-state index in [1.54, 1.807) is 0 Å². The van der Waals surface area contributed by atoms with E-state index in [4.69, 9.17) is 0 Å². The number of amides is 3. The summed E-state index contributed by atoms with van der Waals surface area (Å²) < 4.78 is 0. The normalized spacial score (nSPS) is 11.6. The van der Waals surface area contributed by atoms with Crippen molar-refractivity contribution in [2.45, 2.75) is 72.8 Å². The van der Waals surface area contributed by atoms with Crippen molar-refractivity contribution in [1.82, 2.24) is 10.2 Å². The molecule has 1 aromatic rings. The van der Waals surface area contributed by atoms with Gasteiger partial charge < -0.3 is 15.5 Å². The second kappa shape index (κ2) is 13.7. The first-order valence-corrected chi connectivity index (χ1v) is 10.8. The molecule has 0 aliphatic rings. The van der Waals surface area contributed by atoms with Crippen LogP contribution < -0.4 is 10.6 Å². The van der Waals surface area contributed by atoms with Crippen LogP contribution in [0.5, 0.6) is 0 Å². The van der Waals surface area contributed by atoms with Crippen molar-refractivity contribution >= 4 is 23.4 Å². The SMILES string of the molecule is CCCN(CCC)C(=O)CCCC(=O)NCc1cccc(NC(=O)C(C)CC)c1. The largest absolute Gasteiger partial charge is 0.352 e. The standard InChI is InChI=1S/C23H37N3O3/c1-5-14-26(15-6-2)22(28)13-9-12-21(27)24-17-19-10-8-11-20(16-19)25-23(29)18(4)7-3/h8,10-11,16,18H,5-7,9,12-15,17H2,1-4H3,(H,24,27)(H,25,29). The highest BCUT2D eigenvalue weighted by atomic mass is 16.2. The van der Waals surface area contributed by atoms with Crippen molar-refractivity contribution in [1.29, 1.82) is 0 Å². The van der Waals surface area contributed by atoms with Gasteiger partial charge in [0.1, 0.15) is 0 Å². The number of anilines is 1. The summed E-state index contributed by atoms with van der Waals surface area (Å²) in [5.41, 5.74) is 1.66. The Bertz CT molecular complexity index is 655. The second-order valence-electron chi connectivity index (χ2n) is 7.51. The van der Waals surface area contributed by atoms with Crippen LogP contribution in [0.1, 0.15) is 71.8 Å². The minimum absolute atomic E-state index is 0.00135. The third-order valence-corrected chi connectivity index (χ3v) is 4.88. The van der Waals surface area contributed by atoms with Crippen molar-refractivity contribution in [3.05, 3.63) is 29.8 Å². The van der Waals surface area contributed by atoms with Gasteiger partial charge in [-0.3, -0.25) is 14.4 Å². The predicted octanol–water partition coefficient (Wildman–Crippen LogP) is 4.11. The number of benzene rings is 1. The summed E-state index contributed by atoms with van der Waals surface area (Å²) >= 11 is 0.